The molecular weight excluding hydrogens is 460 g/mol. The van der Waals surface area contributed by atoms with E-state index >= 15 is 0 Å². The molecule has 2 unspecified atom stereocenters. The highest BCUT2D eigenvalue weighted by Gasteiger charge is 2.40. The summed E-state index contributed by atoms with van der Waals surface area (Å²) < 4.78 is 10.9. The Morgan fingerprint density at radius 2 is 2.12 bits per heavy atom. The minimum Gasteiger partial charge on any atom is -0.494 e. The maximum Gasteiger partial charge on any atom is 0.273 e. The molecule has 0 aromatic heterocycles. The lowest BCUT2D eigenvalue weighted by molar-refractivity contribution is -0.384. The van der Waals surface area contributed by atoms with Crippen molar-refractivity contribution in [2.24, 2.45) is 4.99 Å². The van der Waals surface area contributed by atoms with E-state index in [2.05, 4.69) is 10.3 Å². The van der Waals surface area contributed by atoms with Crippen LogP contribution in [0.15, 0.2) is 53.5 Å². The number of thioether (sulfide) groups is 1. The number of hydrogen-bond acceptors (Lipinski definition) is 8. The summed E-state index contributed by atoms with van der Waals surface area (Å²) in [7, 11) is 1.36. The zero-order valence-electron chi connectivity index (χ0n) is 18.5. The van der Waals surface area contributed by atoms with Crippen LogP contribution in [0.25, 0.3) is 0 Å². The Labute approximate surface area is 200 Å². The number of carbonyl (C=O) groups is 2. The molecule has 0 aliphatic carbocycles. The highest BCUT2D eigenvalue weighted by atomic mass is 32.2. The van der Waals surface area contributed by atoms with E-state index in [0.717, 1.165) is 18.5 Å². The van der Waals surface area contributed by atoms with Crippen LogP contribution in [-0.4, -0.2) is 58.4 Å². The number of nitrogens with one attached hydrogen (secondary N) is 1. The number of aliphatic imine (C=N–C) groups is 1. The third kappa shape index (κ3) is 5.54. The number of rotatable bonds is 8. The molecule has 2 aromatic rings. The first-order valence-corrected chi connectivity index (χ1v) is 11.7. The van der Waals surface area contributed by atoms with Crippen LogP contribution in [-0.2, 0) is 14.3 Å². The first-order valence-electron chi connectivity index (χ1n) is 10.8. The fraction of sp³-hybridized carbons (Fsp3) is 0.348. The molecule has 2 amide bonds. The highest BCUT2D eigenvalue weighted by Crippen LogP contribution is 2.34. The number of ether oxygens (including phenoxy) is 2. The van der Waals surface area contributed by atoms with E-state index in [1.807, 2.05) is 30.3 Å². The molecule has 0 bridgehead atoms. The van der Waals surface area contributed by atoms with Gasteiger partial charge in [-0.15, -0.1) is 0 Å². The van der Waals surface area contributed by atoms with Gasteiger partial charge in [-0.2, -0.15) is 0 Å². The van der Waals surface area contributed by atoms with Crippen LogP contribution in [0.2, 0.25) is 0 Å². The molecule has 178 valence electrons. The van der Waals surface area contributed by atoms with Crippen LogP contribution in [0.3, 0.4) is 0 Å². The van der Waals surface area contributed by atoms with Gasteiger partial charge in [0.2, 0.25) is 11.8 Å². The SMILES string of the molecule is COc1cc([N+](=O)[O-])ccc1NC(=O)CC1SC(=Nc2ccccc2)N(CC2CCCO2)C1=O. The van der Waals surface area contributed by atoms with Crippen LogP contribution >= 0.6 is 11.8 Å². The molecule has 2 aliphatic heterocycles. The molecule has 11 heteroatoms. The van der Waals surface area contributed by atoms with Crippen molar-refractivity contribution in [2.75, 3.05) is 25.6 Å². The van der Waals surface area contributed by atoms with E-state index in [9.17, 15) is 19.7 Å². The van der Waals surface area contributed by atoms with Gasteiger partial charge >= 0.3 is 0 Å². The number of carbonyl (C=O) groups excluding carboxylic acids is 2. The number of anilines is 1. The van der Waals surface area contributed by atoms with Gasteiger partial charge in [0.05, 0.1) is 42.1 Å². The number of para-hydroxylation sites is 1. The number of nitro benzene ring substituents is 1. The zero-order valence-corrected chi connectivity index (χ0v) is 19.3. The second-order valence-corrected chi connectivity index (χ2v) is 8.98. The van der Waals surface area contributed by atoms with Gasteiger partial charge in [-0.3, -0.25) is 24.6 Å². The number of non-ortho nitro benzene ring substituents is 1. The Balaban J connectivity index is 1.49. The largest absolute Gasteiger partial charge is 0.494 e. The molecule has 0 saturated carbocycles. The topological polar surface area (TPSA) is 123 Å². The van der Waals surface area contributed by atoms with Crippen molar-refractivity contribution in [1.82, 2.24) is 4.90 Å². The summed E-state index contributed by atoms with van der Waals surface area (Å²) in [5, 5.41) is 13.6. The van der Waals surface area contributed by atoms with Crippen molar-refractivity contribution in [3.8, 4) is 5.75 Å². The van der Waals surface area contributed by atoms with Crippen LogP contribution in [0.1, 0.15) is 19.3 Å². The molecule has 2 atom stereocenters. The molecule has 34 heavy (non-hydrogen) atoms. The second-order valence-electron chi connectivity index (χ2n) is 7.81. The Hall–Kier alpha value is -3.44. The molecule has 2 fully saturated rings. The highest BCUT2D eigenvalue weighted by molar-refractivity contribution is 8.15. The van der Waals surface area contributed by atoms with Gasteiger partial charge in [-0.25, -0.2) is 4.99 Å². The molecule has 2 aliphatic rings. The van der Waals surface area contributed by atoms with Crippen LogP contribution in [0.5, 0.6) is 5.75 Å². The quantitative estimate of drug-likeness (QED) is 0.447. The minimum atomic E-state index is -0.645. The van der Waals surface area contributed by atoms with Crippen LogP contribution < -0.4 is 10.1 Å². The van der Waals surface area contributed by atoms with Crippen molar-refractivity contribution >= 4 is 45.8 Å². The maximum absolute atomic E-state index is 13.2. The summed E-state index contributed by atoms with van der Waals surface area (Å²) in [6, 6.07) is 13.2. The third-order valence-electron chi connectivity index (χ3n) is 5.45. The number of amidine groups is 1. The normalized spacial score (nSPS) is 21.1. The van der Waals surface area contributed by atoms with Gasteiger partial charge in [0, 0.05) is 19.1 Å². The molecule has 2 aromatic carbocycles. The van der Waals surface area contributed by atoms with Crippen molar-refractivity contribution in [3.05, 3.63) is 58.6 Å². The predicted molar refractivity (Wildman–Crippen MR) is 128 cm³/mol. The molecule has 4 rings (SSSR count). The first-order chi connectivity index (χ1) is 16.4. The van der Waals surface area contributed by atoms with Gasteiger partial charge in [0.1, 0.15) is 11.0 Å². The summed E-state index contributed by atoms with van der Waals surface area (Å²) in [6.07, 6.45) is 1.69. The number of amides is 2. The molecule has 10 nitrogen and oxygen atoms in total. The van der Waals surface area contributed by atoms with Crippen molar-refractivity contribution in [1.29, 1.82) is 0 Å². The van der Waals surface area contributed by atoms with Crippen molar-refractivity contribution in [2.45, 2.75) is 30.6 Å². The van der Waals surface area contributed by atoms with Crippen molar-refractivity contribution < 1.29 is 24.0 Å². The fourth-order valence-corrected chi connectivity index (χ4v) is 4.93. The summed E-state index contributed by atoms with van der Waals surface area (Å²) in [6.45, 7) is 1.07. The summed E-state index contributed by atoms with van der Waals surface area (Å²) in [4.78, 5) is 42.7. The van der Waals surface area contributed by atoms with Gasteiger partial charge in [0.15, 0.2) is 5.17 Å². The predicted octanol–water partition coefficient (Wildman–Crippen LogP) is 3.74. The van der Waals surface area contributed by atoms with E-state index in [1.165, 1.54) is 37.1 Å². The third-order valence-corrected chi connectivity index (χ3v) is 6.63. The van der Waals surface area contributed by atoms with Crippen LogP contribution in [0, 0.1) is 10.1 Å². The monoisotopic (exact) mass is 484 g/mol. The van der Waals surface area contributed by atoms with Gasteiger partial charge in [-0.05, 0) is 31.0 Å². The lowest BCUT2D eigenvalue weighted by atomic mass is 10.2. The second kappa shape index (κ2) is 10.7. The Morgan fingerprint density at radius 1 is 1.32 bits per heavy atom. The molecule has 2 heterocycles. The average Bonchev–Trinajstić information content (AvgIpc) is 3.44. The van der Waals surface area contributed by atoms with Gasteiger partial charge in [0.25, 0.3) is 5.69 Å². The smallest absolute Gasteiger partial charge is 0.273 e. The van der Waals surface area contributed by atoms with Crippen LogP contribution in [0.4, 0.5) is 17.1 Å². The standard InChI is InChI=1S/C23H24N4O6S/c1-32-19-12-16(27(30)31)9-10-18(19)25-21(28)13-20-22(29)26(14-17-8-5-11-33-17)23(34-20)24-15-6-3-2-4-7-15/h2-4,6-7,9-10,12,17,20H,5,8,11,13-14H2,1H3,(H,25,28). The van der Waals surface area contributed by atoms with E-state index in [4.69, 9.17) is 9.47 Å². The molecule has 2 saturated heterocycles. The lowest BCUT2D eigenvalue weighted by Gasteiger charge is -2.20. The number of methoxy groups -OCH3 is 1. The zero-order chi connectivity index (χ0) is 24.1. The number of nitro groups is 1. The number of hydrogen-bond donors (Lipinski definition) is 1. The number of nitrogens with zero attached hydrogens (tertiary/aromatic N) is 3. The minimum absolute atomic E-state index is 0.0533. The summed E-state index contributed by atoms with van der Waals surface area (Å²) in [5.41, 5.74) is 0.863. The van der Waals surface area contributed by atoms with Gasteiger partial charge in [-0.1, -0.05) is 30.0 Å². The maximum atomic E-state index is 13.2. The average molecular weight is 485 g/mol. The molecule has 0 radical (unpaired) electrons. The Morgan fingerprint density at radius 3 is 2.79 bits per heavy atom. The van der Waals surface area contributed by atoms with E-state index in [0.29, 0.717) is 24.0 Å². The molecular formula is C23H24N4O6S. The van der Waals surface area contributed by atoms with Crippen molar-refractivity contribution in [3.63, 3.8) is 0 Å². The summed E-state index contributed by atoms with van der Waals surface area (Å²) >= 11 is 1.25. The fourth-order valence-electron chi connectivity index (χ4n) is 3.76. The van der Waals surface area contributed by atoms with E-state index in [-0.39, 0.29) is 29.9 Å². The van der Waals surface area contributed by atoms with E-state index < -0.39 is 16.1 Å². The Bertz CT molecular complexity index is 1100. The summed E-state index contributed by atoms with van der Waals surface area (Å²) in [5.74, 6) is -0.434. The lowest BCUT2D eigenvalue weighted by Crippen LogP contribution is -2.38. The van der Waals surface area contributed by atoms with E-state index in [1.54, 1.807) is 4.90 Å². The molecule has 1 N–H and O–H groups in total. The number of benzene rings is 2. The molecule has 0 spiro atoms. The van der Waals surface area contributed by atoms with Gasteiger partial charge < -0.3 is 14.8 Å². The first kappa shape index (κ1) is 23.7. The Kier molecular flexibility index (Phi) is 7.43.